The Kier molecular flexibility index (Phi) is 3.46. The monoisotopic (exact) mass is 145 g/mol. The van der Waals surface area contributed by atoms with Gasteiger partial charge in [-0.15, -0.1) is 0 Å². The van der Waals surface area contributed by atoms with Crippen molar-refractivity contribution in [2.45, 2.75) is 13.8 Å². The van der Waals surface area contributed by atoms with E-state index < -0.39 is 11.9 Å². The average Bonchev–Trinajstić information content (AvgIpc) is 1.90. The number of carboxylic acids is 1. The van der Waals surface area contributed by atoms with Crippen LogP contribution >= 0.6 is 0 Å². The lowest BCUT2D eigenvalue weighted by Gasteiger charge is -2.14. The number of aliphatic carboxylic acids is 1. The molecule has 0 spiro atoms. The summed E-state index contributed by atoms with van der Waals surface area (Å²) in [4.78, 5) is 22.0. The molecule has 0 aromatic rings. The van der Waals surface area contributed by atoms with Gasteiger partial charge < -0.3 is 10.0 Å². The molecule has 1 N–H and O–H groups in total. The third-order valence-corrected chi connectivity index (χ3v) is 1.23. The van der Waals surface area contributed by atoms with E-state index in [0.717, 1.165) is 0 Å². The molecule has 0 unspecified atom stereocenters. The lowest BCUT2D eigenvalue weighted by Crippen LogP contribution is -2.35. The first-order valence-corrected chi connectivity index (χ1v) is 3.15. The predicted molar refractivity (Wildman–Crippen MR) is 35.6 cm³/mol. The maximum absolute atomic E-state index is 10.6. The molecule has 0 atom stereocenters. The average molecular weight is 145 g/mol. The highest BCUT2D eigenvalue weighted by Gasteiger charge is 2.16. The molecule has 0 aromatic heterocycles. The first kappa shape index (κ1) is 8.94. The van der Waals surface area contributed by atoms with Gasteiger partial charge in [0, 0.05) is 13.1 Å². The number of hydrogen-bond acceptors (Lipinski definition) is 2. The second-order valence-corrected chi connectivity index (χ2v) is 1.78. The third kappa shape index (κ3) is 2.05. The second kappa shape index (κ2) is 3.87. The Bertz CT molecular complexity index is 140. The van der Waals surface area contributed by atoms with Crippen molar-refractivity contribution in [1.82, 2.24) is 4.90 Å². The standard InChI is InChI=1S/C6H11NO3/c1-3-7(4-2)5(8)6(9)10/h3-4H2,1-2H3,(H,9,10). The fourth-order valence-electron chi connectivity index (χ4n) is 0.646. The Morgan fingerprint density at radius 1 is 1.30 bits per heavy atom. The maximum atomic E-state index is 10.6. The number of carbonyl (C=O) groups is 2. The molecule has 0 aliphatic heterocycles. The van der Waals surface area contributed by atoms with Crippen molar-refractivity contribution in [2.24, 2.45) is 0 Å². The summed E-state index contributed by atoms with van der Waals surface area (Å²) in [7, 11) is 0. The van der Waals surface area contributed by atoms with Crippen LogP contribution in [0.15, 0.2) is 0 Å². The summed E-state index contributed by atoms with van der Waals surface area (Å²) in [5, 5.41) is 8.22. The number of likely N-dealkylation sites (N-methyl/N-ethyl adjacent to an activating group) is 1. The van der Waals surface area contributed by atoms with Crippen molar-refractivity contribution in [3.05, 3.63) is 0 Å². The predicted octanol–water partition coefficient (Wildman–Crippen LogP) is -0.0606. The second-order valence-electron chi connectivity index (χ2n) is 1.78. The number of carbonyl (C=O) groups excluding carboxylic acids is 1. The molecule has 0 aliphatic carbocycles. The van der Waals surface area contributed by atoms with Crippen molar-refractivity contribution >= 4 is 11.9 Å². The minimum Gasteiger partial charge on any atom is -0.474 e. The molecule has 0 aromatic carbocycles. The summed E-state index contributed by atoms with van der Waals surface area (Å²) in [6, 6.07) is 0. The lowest BCUT2D eigenvalue weighted by molar-refractivity contribution is -0.155. The normalized spacial score (nSPS) is 9.00. The van der Waals surface area contributed by atoms with Gasteiger partial charge in [0.2, 0.25) is 0 Å². The fraction of sp³-hybridized carbons (Fsp3) is 0.667. The van der Waals surface area contributed by atoms with Crippen molar-refractivity contribution < 1.29 is 14.7 Å². The summed E-state index contributed by atoms with van der Waals surface area (Å²) in [5.41, 5.74) is 0. The Labute approximate surface area is 59.4 Å². The smallest absolute Gasteiger partial charge is 0.394 e. The summed E-state index contributed by atoms with van der Waals surface area (Å²) in [6.45, 7) is 4.37. The van der Waals surface area contributed by atoms with Gasteiger partial charge in [-0.1, -0.05) is 0 Å². The van der Waals surface area contributed by atoms with E-state index in [2.05, 4.69) is 0 Å². The summed E-state index contributed by atoms with van der Waals surface area (Å²) < 4.78 is 0. The zero-order valence-corrected chi connectivity index (χ0v) is 6.13. The molecule has 0 radical (unpaired) electrons. The zero-order chi connectivity index (χ0) is 8.15. The Morgan fingerprint density at radius 2 is 1.70 bits per heavy atom. The van der Waals surface area contributed by atoms with Crippen molar-refractivity contribution in [1.29, 1.82) is 0 Å². The summed E-state index contributed by atoms with van der Waals surface area (Å²) in [6.07, 6.45) is 0. The quantitative estimate of drug-likeness (QED) is 0.554. The van der Waals surface area contributed by atoms with Crippen molar-refractivity contribution in [3.63, 3.8) is 0 Å². The minimum absolute atomic E-state index is 0.446. The molecule has 0 heterocycles. The lowest BCUT2D eigenvalue weighted by atomic mass is 10.4. The number of hydrogen-bond donors (Lipinski definition) is 1. The van der Waals surface area contributed by atoms with E-state index in [9.17, 15) is 9.59 Å². The molecule has 0 rings (SSSR count). The third-order valence-electron chi connectivity index (χ3n) is 1.23. The fourth-order valence-corrected chi connectivity index (χ4v) is 0.646. The van der Waals surface area contributed by atoms with Crippen LogP contribution in [0.2, 0.25) is 0 Å². The molecule has 0 bridgehead atoms. The van der Waals surface area contributed by atoms with Gasteiger partial charge in [0.1, 0.15) is 0 Å². The van der Waals surface area contributed by atoms with E-state index in [1.54, 1.807) is 13.8 Å². The van der Waals surface area contributed by atoms with Crippen LogP contribution in [0.3, 0.4) is 0 Å². The maximum Gasteiger partial charge on any atom is 0.394 e. The van der Waals surface area contributed by atoms with Gasteiger partial charge in [-0.25, -0.2) is 4.79 Å². The molecule has 10 heavy (non-hydrogen) atoms. The van der Waals surface area contributed by atoms with Gasteiger partial charge >= 0.3 is 11.9 Å². The van der Waals surface area contributed by atoms with Crippen LogP contribution in [0.25, 0.3) is 0 Å². The summed E-state index contributed by atoms with van der Waals surface area (Å²) >= 11 is 0. The molecule has 0 saturated heterocycles. The SMILES string of the molecule is CCN(CC)C(=O)C(=O)O. The van der Waals surface area contributed by atoms with E-state index in [1.165, 1.54) is 4.90 Å². The van der Waals surface area contributed by atoms with Crippen LogP contribution in [0, 0.1) is 0 Å². The highest BCUT2D eigenvalue weighted by Crippen LogP contribution is 1.87. The molecule has 0 fully saturated rings. The van der Waals surface area contributed by atoms with Crippen molar-refractivity contribution in [2.75, 3.05) is 13.1 Å². The minimum atomic E-state index is -1.39. The molecule has 58 valence electrons. The largest absolute Gasteiger partial charge is 0.474 e. The number of rotatable bonds is 2. The van der Waals surface area contributed by atoms with Gasteiger partial charge in [-0.2, -0.15) is 0 Å². The van der Waals surface area contributed by atoms with E-state index in [-0.39, 0.29) is 0 Å². The Hall–Kier alpha value is -1.06. The van der Waals surface area contributed by atoms with E-state index in [4.69, 9.17) is 5.11 Å². The van der Waals surface area contributed by atoms with Gasteiger partial charge in [0.15, 0.2) is 0 Å². The molecule has 1 amide bonds. The van der Waals surface area contributed by atoms with Crippen LogP contribution in [-0.4, -0.2) is 35.0 Å². The van der Waals surface area contributed by atoms with Crippen LogP contribution in [0.4, 0.5) is 0 Å². The van der Waals surface area contributed by atoms with E-state index in [0.29, 0.717) is 13.1 Å². The van der Waals surface area contributed by atoms with Crippen LogP contribution in [0.5, 0.6) is 0 Å². The first-order valence-electron chi connectivity index (χ1n) is 3.15. The van der Waals surface area contributed by atoms with E-state index >= 15 is 0 Å². The molecule has 4 nitrogen and oxygen atoms in total. The Morgan fingerprint density at radius 3 is 1.80 bits per heavy atom. The molecular weight excluding hydrogens is 134 g/mol. The van der Waals surface area contributed by atoms with Gasteiger partial charge in [0.05, 0.1) is 0 Å². The zero-order valence-electron chi connectivity index (χ0n) is 6.13. The number of amides is 1. The summed E-state index contributed by atoms with van der Waals surface area (Å²) in [5.74, 6) is -2.21. The highest BCUT2D eigenvalue weighted by atomic mass is 16.4. The molecular formula is C6H11NO3. The first-order chi connectivity index (χ1) is 4.63. The van der Waals surface area contributed by atoms with Gasteiger partial charge in [0.25, 0.3) is 0 Å². The molecule has 0 saturated carbocycles. The number of carboxylic acid groups (broad SMARTS) is 1. The Balaban J connectivity index is 4.02. The van der Waals surface area contributed by atoms with E-state index in [1.807, 2.05) is 0 Å². The van der Waals surface area contributed by atoms with Crippen LogP contribution in [-0.2, 0) is 9.59 Å². The van der Waals surface area contributed by atoms with Crippen LogP contribution in [0.1, 0.15) is 13.8 Å². The topological polar surface area (TPSA) is 57.6 Å². The van der Waals surface area contributed by atoms with Gasteiger partial charge in [-0.05, 0) is 13.8 Å². The molecule has 4 heteroatoms. The highest BCUT2D eigenvalue weighted by molar-refractivity contribution is 6.31. The van der Waals surface area contributed by atoms with Crippen molar-refractivity contribution in [3.8, 4) is 0 Å². The van der Waals surface area contributed by atoms with Gasteiger partial charge in [-0.3, -0.25) is 4.79 Å². The molecule has 0 aliphatic rings. The van der Waals surface area contributed by atoms with Crippen LogP contribution < -0.4 is 0 Å². The number of nitrogens with zero attached hydrogens (tertiary/aromatic N) is 1.